The van der Waals surface area contributed by atoms with Crippen molar-refractivity contribution in [3.05, 3.63) is 35.4 Å². The molecule has 1 aromatic rings. The molecule has 0 saturated carbocycles. The lowest BCUT2D eigenvalue weighted by molar-refractivity contribution is 0.00231. The summed E-state index contributed by atoms with van der Waals surface area (Å²) in [7, 11) is 1.65. The number of methoxy groups -OCH3 is 1. The Balaban J connectivity index is 2.51. The summed E-state index contributed by atoms with van der Waals surface area (Å²) in [4.78, 5) is 12.3. The van der Waals surface area contributed by atoms with Crippen LogP contribution >= 0.6 is 0 Å². The third kappa shape index (κ3) is 7.08. The van der Waals surface area contributed by atoms with E-state index in [1.54, 1.807) is 7.11 Å². The highest BCUT2D eigenvalue weighted by atomic mass is 16.6. The maximum absolute atomic E-state index is 12.3. The summed E-state index contributed by atoms with van der Waals surface area (Å²) in [5.74, 6) is 0.474. The summed E-state index contributed by atoms with van der Waals surface area (Å²) in [5, 5.41) is 0. The van der Waals surface area contributed by atoms with Crippen LogP contribution in [-0.2, 0) is 15.9 Å². The minimum Gasteiger partial charge on any atom is -0.456 e. The van der Waals surface area contributed by atoms with E-state index in [9.17, 15) is 4.79 Å². The Hall–Kier alpha value is -1.35. The van der Waals surface area contributed by atoms with Gasteiger partial charge in [0.2, 0.25) is 0 Å². The van der Waals surface area contributed by atoms with E-state index < -0.39 is 0 Å². The van der Waals surface area contributed by atoms with Crippen molar-refractivity contribution in [2.24, 2.45) is 5.92 Å². The second-order valence-electron chi connectivity index (χ2n) is 6.21. The summed E-state index contributed by atoms with van der Waals surface area (Å²) in [6.45, 7) is 6.99. The van der Waals surface area contributed by atoms with Gasteiger partial charge in [0.1, 0.15) is 6.10 Å². The zero-order chi connectivity index (χ0) is 16.4. The van der Waals surface area contributed by atoms with E-state index >= 15 is 0 Å². The van der Waals surface area contributed by atoms with E-state index in [4.69, 9.17) is 9.47 Å². The van der Waals surface area contributed by atoms with Crippen LogP contribution in [0.4, 0.5) is 0 Å². The first kappa shape index (κ1) is 18.7. The highest BCUT2D eigenvalue weighted by molar-refractivity contribution is 5.89. The number of carbonyl (C=O) groups is 1. The van der Waals surface area contributed by atoms with Crippen LogP contribution in [0.2, 0.25) is 0 Å². The Labute approximate surface area is 135 Å². The molecule has 1 rings (SSSR count). The number of esters is 1. The van der Waals surface area contributed by atoms with Gasteiger partial charge >= 0.3 is 5.97 Å². The topological polar surface area (TPSA) is 35.5 Å². The van der Waals surface area contributed by atoms with Gasteiger partial charge in [0.15, 0.2) is 0 Å². The van der Waals surface area contributed by atoms with Crippen molar-refractivity contribution in [3.8, 4) is 0 Å². The number of hydrogen-bond acceptors (Lipinski definition) is 3. The molecule has 1 aromatic carbocycles. The van der Waals surface area contributed by atoms with Crippen LogP contribution in [0.3, 0.4) is 0 Å². The molecule has 124 valence electrons. The number of rotatable bonds is 10. The molecule has 0 radical (unpaired) electrons. The minimum absolute atomic E-state index is 0.157. The lowest BCUT2D eigenvalue weighted by atomic mass is 10.0. The van der Waals surface area contributed by atoms with Gasteiger partial charge in [-0.1, -0.05) is 45.7 Å². The largest absolute Gasteiger partial charge is 0.456 e. The van der Waals surface area contributed by atoms with Gasteiger partial charge in [-0.2, -0.15) is 0 Å². The molecule has 0 amide bonds. The third-order valence-electron chi connectivity index (χ3n) is 3.75. The third-order valence-corrected chi connectivity index (χ3v) is 3.75. The smallest absolute Gasteiger partial charge is 0.338 e. The molecule has 0 heterocycles. The molecule has 0 aliphatic carbocycles. The van der Waals surface area contributed by atoms with Gasteiger partial charge in [0.05, 0.1) is 12.2 Å². The number of unbranched alkanes of at least 4 members (excludes halogenated alkanes) is 1. The lowest BCUT2D eigenvalue weighted by Gasteiger charge is -2.17. The fourth-order valence-corrected chi connectivity index (χ4v) is 2.42. The van der Waals surface area contributed by atoms with Crippen LogP contribution in [0.5, 0.6) is 0 Å². The Morgan fingerprint density at radius 2 is 1.91 bits per heavy atom. The first-order valence-corrected chi connectivity index (χ1v) is 8.35. The van der Waals surface area contributed by atoms with Crippen LogP contribution in [-0.4, -0.2) is 25.8 Å². The summed E-state index contributed by atoms with van der Waals surface area (Å²) >= 11 is 0. The maximum Gasteiger partial charge on any atom is 0.338 e. The van der Waals surface area contributed by atoms with Crippen molar-refractivity contribution in [1.29, 1.82) is 0 Å². The van der Waals surface area contributed by atoms with Crippen LogP contribution in [0.1, 0.15) is 62.4 Å². The van der Waals surface area contributed by atoms with Gasteiger partial charge in [-0.3, -0.25) is 0 Å². The number of hydrogen-bond donors (Lipinski definition) is 0. The average molecular weight is 306 g/mol. The van der Waals surface area contributed by atoms with E-state index in [0.29, 0.717) is 12.2 Å². The summed E-state index contributed by atoms with van der Waals surface area (Å²) in [6.07, 6.45) is 5.06. The van der Waals surface area contributed by atoms with Crippen molar-refractivity contribution in [1.82, 2.24) is 0 Å². The van der Waals surface area contributed by atoms with E-state index in [1.807, 2.05) is 24.3 Å². The van der Waals surface area contributed by atoms with E-state index in [-0.39, 0.29) is 12.1 Å². The van der Waals surface area contributed by atoms with Crippen LogP contribution in [0.25, 0.3) is 0 Å². The predicted molar refractivity (Wildman–Crippen MR) is 90.2 cm³/mol. The summed E-state index contributed by atoms with van der Waals surface area (Å²) in [6, 6.07) is 7.65. The molecule has 0 aromatic heterocycles. The Kier molecular flexibility index (Phi) is 8.83. The first-order valence-electron chi connectivity index (χ1n) is 8.35. The number of benzene rings is 1. The second kappa shape index (κ2) is 10.4. The van der Waals surface area contributed by atoms with Gasteiger partial charge in [-0.15, -0.1) is 0 Å². The average Bonchev–Trinajstić information content (AvgIpc) is 2.51. The molecule has 0 spiro atoms. The van der Waals surface area contributed by atoms with Gasteiger partial charge in [0, 0.05) is 7.11 Å². The fraction of sp³-hybridized carbons (Fsp3) is 0.632. The predicted octanol–water partition coefficient (Wildman–Crippen LogP) is 4.64. The maximum atomic E-state index is 12.3. The highest BCUT2D eigenvalue weighted by Crippen LogP contribution is 2.14. The molecule has 0 aliphatic rings. The molecule has 3 heteroatoms. The van der Waals surface area contributed by atoms with Crippen molar-refractivity contribution >= 4 is 5.97 Å². The van der Waals surface area contributed by atoms with Gasteiger partial charge in [-0.05, 0) is 42.9 Å². The number of ether oxygens (including phenoxy) is 2. The lowest BCUT2D eigenvalue weighted by Crippen LogP contribution is -2.23. The van der Waals surface area contributed by atoms with Crippen molar-refractivity contribution in [2.45, 2.75) is 59.0 Å². The van der Waals surface area contributed by atoms with E-state index in [2.05, 4.69) is 20.8 Å². The molecular formula is C19H30O3. The number of aryl methyl sites for hydroxylation is 1. The summed E-state index contributed by atoms with van der Waals surface area (Å²) < 4.78 is 10.8. The first-order chi connectivity index (χ1) is 10.6. The van der Waals surface area contributed by atoms with Gasteiger partial charge < -0.3 is 9.47 Å². The van der Waals surface area contributed by atoms with Crippen molar-refractivity contribution in [2.75, 3.05) is 13.7 Å². The normalized spacial score (nSPS) is 12.4. The van der Waals surface area contributed by atoms with Gasteiger partial charge in [-0.25, -0.2) is 4.79 Å². The molecular weight excluding hydrogens is 276 g/mol. The zero-order valence-electron chi connectivity index (χ0n) is 14.4. The van der Waals surface area contributed by atoms with Crippen LogP contribution in [0, 0.1) is 5.92 Å². The molecule has 0 bridgehead atoms. The number of carbonyl (C=O) groups excluding carboxylic acids is 1. The molecule has 0 saturated heterocycles. The zero-order valence-corrected chi connectivity index (χ0v) is 14.4. The Morgan fingerprint density at radius 1 is 1.18 bits per heavy atom. The van der Waals surface area contributed by atoms with Crippen LogP contribution < -0.4 is 0 Å². The Morgan fingerprint density at radius 3 is 2.55 bits per heavy atom. The van der Waals surface area contributed by atoms with Crippen molar-refractivity contribution in [3.63, 3.8) is 0 Å². The SMILES string of the molecule is CCc1cccc(C(=O)OC(CCCCC(C)C)COC)c1. The summed E-state index contributed by atoms with van der Waals surface area (Å²) in [5.41, 5.74) is 1.78. The second-order valence-corrected chi connectivity index (χ2v) is 6.21. The quantitative estimate of drug-likeness (QED) is 0.467. The molecule has 22 heavy (non-hydrogen) atoms. The van der Waals surface area contributed by atoms with E-state index in [1.165, 1.54) is 12.8 Å². The molecule has 1 atom stereocenters. The minimum atomic E-state index is -0.249. The fourth-order valence-electron chi connectivity index (χ4n) is 2.42. The standard InChI is InChI=1S/C19H30O3/c1-5-16-10-8-11-17(13-16)19(20)22-18(14-21-4)12-7-6-9-15(2)3/h8,10-11,13,15,18H,5-7,9,12,14H2,1-4H3. The molecule has 0 N–H and O–H groups in total. The molecule has 1 unspecified atom stereocenters. The van der Waals surface area contributed by atoms with Crippen molar-refractivity contribution < 1.29 is 14.3 Å². The van der Waals surface area contributed by atoms with Crippen LogP contribution in [0.15, 0.2) is 24.3 Å². The molecule has 0 aliphatic heterocycles. The molecule has 0 fully saturated rings. The molecule has 3 nitrogen and oxygen atoms in total. The highest BCUT2D eigenvalue weighted by Gasteiger charge is 2.16. The monoisotopic (exact) mass is 306 g/mol. The Bertz CT molecular complexity index is 440. The van der Waals surface area contributed by atoms with E-state index in [0.717, 1.165) is 30.7 Å². The van der Waals surface area contributed by atoms with Gasteiger partial charge in [0.25, 0.3) is 0 Å².